The van der Waals surface area contributed by atoms with Crippen molar-refractivity contribution in [2.24, 2.45) is 0 Å². The van der Waals surface area contributed by atoms with Gasteiger partial charge in [0.05, 0.1) is 11.5 Å². The van der Waals surface area contributed by atoms with Crippen LogP contribution in [0, 0.1) is 6.92 Å². The lowest BCUT2D eigenvalue weighted by molar-refractivity contribution is 0.192. The molecule has 1 atom stereocenters. The zero-order valence-electron chi connectivity index (χ0n) is 13.8. The molecule has 0 aliphatic carbocycles. The SMILES string of the molecule is Cc1ccc(S(=O)(=O)NCCCn2ccnc2[C@H]2CCOC2)cc1. The zero-order valence-corrected chi connectivity index (χ0v) is 14.6. The first-order valence-electron chi connectivity index (χ1n) is 8.21. The maximum Gasteiger partial charge on any atom is 0.240 e. The molecule has 2 aromatic rings. The van der Waals surface area contributed by atoms with Crippen LogP contribution in [0.2, 0.25) is 0 Å². The largest absolute Gasteiger partial charge is 0.381 e. The van der Waals surface area contributed by atoms with Crippen molar-refractivity contribution in [3.63, 3.8) is 0 Å². The van der Waals surface area contributed by atoms with Crippen molar-refractivity contribution in [2.75, 3.05) is 19.8 Å². The van der Waals surface area contributed by atoms with Gasteiger partial charge in [-0.1, -0.05) is 17.7 Å². The van der Waals surface area contributed by atoms with Crippen LogP contribution in [0.3, 0.4) is 0 Å². The molecule has 1 saturated heterocycles. The second-order valence-corrected chi connectivity index (χ2v) is 7.87. The Bertz CT molecular complexity index is 763. The van der Waals surface area contributed by atoms with E-state index in [-0.39, 0.29) is 0 Å². The Hall–Kier alpha value is -1.70. The number of imidazole rings is 1. The summed E-state index contributed by atoms with van der Waals surface area (Å²) >= 11 is 0. The smallest absolute Gasteiger partial charge is 0.240 e. The van der Waals surface area contributed by atoms with E-state index in [2.05, 4.69) is 14.3 Å². The predicted molar refractivity (Wildman–Crippen MR) is 91.4 cm³/mol. The van der Waals surface area contributed by atoms with Crippen molar-refractivity contribution in [1.29, 1.82) is 0 Å². The molecule has 1 fully saturated rings. The molecule has 2 heterocycles. The molecular formula is C17H23N3O3S. The van der Waals surface area contributed by atoms with Crippen LogP contribution in [-0.4, -0.2) is 37.7 Å². The van der Waals surface area contributed by atoms with Gasteiger partial charge < -0.3 is 9.30 Å². The first-order chi connectivity index (χ1) is 11.6. The Morgan fingerprint density at radius 3 is 2.83 bits per heavy atom. The van der Waals surface area contributed by atoms with E-state index in [4.69, 9.17) is 4.74 Å². The fraction of sp³-hybridized carbons (Fsp3) is 0.471. The summed E-state index contributed by atoms with van der Waals surface area (Å²) in [5.41, 5.74) is 1.04. The van der Waals surface area contributed by atoms with E-state index >= 15 is 0 Å². The first kappa shape index (κ1) is 17.1. The quantitative estimate of drug-likeness (QED) is 0.777. The molecule has 130 valence electrons. The standard InChI is InChI=1S/C17H23N3O3S/c1-14-3-5-16(6-4-14)24(21,22)19-8-2-10-20-11-9-18-17(20)15-7-12-23-13-15/h3-6,9,11,15,19H,2,7-8,10,12-13H2,1H3/t15-/m0/s1. The van der Waals surface area contributed by atoms with Gasteiger partial charge in [0.25, 0.3) is 0 Å². The number of ether oxygens (including phenoxy) is 1. The van der Waals surface area contributed by atoms with Gasteiger partial charge in [-0.3, -0.25) is 0 Å². The van der Waals surface area contributed by atoms with Crippen molar-refractivity contribution in [1.82, 2.24) is 14.3 Å². The summed E-state index contributed by atoms with van der Waals surface area (Å²) in [5.74, 6) is 1.39. The minimum Gasteiger partial charge on any atom is -0.381 e. The van der Waals surface area contributed by atoms with Crippen molar-refractivity contribution < 1.29 is 13.2 Å². The highest BCUT2D eigenvalue weighted by atomic mass is 32.2. The van der Waals surface area contributed by atoms with Crippen LogP contribution < -0.4 is 4.72 Å². The fourth-order valence-corrected chi connectivity index (χ4v) is 3.94. The third-order valence-corrected chi connectivity index (χ3v) is 5.72. The van der Waals surface area contributed by atoms with E-state index in [1.54, 1.807) is 30.5 Å². The second-order valence-electron chi connectivity index (χ2n) is 6.10. The summed E-state index contributed by atoms with van der Waals surface area (Å²) in [6.45, 7) is 4.57. The molecule has 0 radical (unpaired) electrons. The highest BCUT2D eigenvalue weighted by molar-refractivity contribution is 7.89. The third kappa shape index (κ3) is 4.03. The highest BCUT2D eigenvalue weighted by Crippen LogP contribution is 2.23. The molecule has 0 saturated carbocycles. The molecule has 1 aromatic carbocycles. The molecule has 6 nitrogen and oxygen atoms in total. The van der Waals surface area contributed by atoms with Crippen LogP contribution in [0.15, 0.2) is 41.6 Å². The lowest BCUT2D eigenvalue weighted by atomic mass is 10.1. The van der Waals surface area contributed by atoms with Gasteiger partial charge in [0.1, 0.15) is 5.82 Å². The van der Waals surface area contributed by atoms with E-state index in [1.165, 1.54) is 0 Å². The van der Waals surface area contributed by atoms with Crippen LogP contribution in [0.1, 0.15) is 30.1 Å². The van der Waals surface area contributed by atoms with Crippen LogP contribution in [0.5, 0.6) is 0 Å². The molecule has 0 bridgehead atoms. The van der Waals surface area contributed by atoms with E-state index in [0.717, 1.165) is 37.6 Å². The number of aryl methyl sites for hydroxylation is 2. The van der Waals surface area contributed by atoms with Gasteiger partial charge >= 0.3 is 0 Å². The second kappa shape index (κ2) is 7.46. The van der Waals surface area contributed by atoms with Crippen LogP contribution in [0.4, 0.5) is 0 Å². The number of rotatable bonds is 7. The lowest BCUT2D eigenvalue weighted by Gasteiger charge is -2.12. The molecule has 1 aliphatic heterocycles. The van der Waals surface area contributed by atoms with Crippen molar-refractivity contribution >= 4 is 10.0 Å². The summed E-state index contributed by atoms with van der Waals surface area (Å²) in [7, 11) is -3.44. The number of hydrogen-bond donors (Lipinski definition) is 1. The van der Waals surface area contributed by atoms with Gasteiger partial charge in [-0.2, -0.15) is 0 Å². The van der Waals surface area contributed by atoms with Crippen LogP contribution in [-0.2, 0) is 21.3 Å². The highest BCUT2D eigenvalue weighted by Gasteiger charge is 2.22. The third-order valence-electron chi connectivity index (χ3n) is 4.24. The first-order valence-corrected chi connectivity index (χ1v) is 9.70. The number of hydrogen-bond acceptors (Lipinski definition) is 4. The Balaban J connectivity index is 1.52. The number of sulfonamides is 1. The minimum atomic E-state index is -3.44. The van der Waals surface area contributed by atoms with E-state index < -0.39 is 10.0 Å². The molecule has 3 rings (SSSR count). The van der Waals surface area contributed by atoms with Gasteiger partial charge in [0, 0.05) is 38.0 Å². The molecule has 7 heteroatoms. The summed E-state index contributed by atoms with van der Waals surface area (Å²) < 4.78 is 34.6. The summed E-state index contributed by atoms with van der Waals surface area (Å²) in [4.78, 5) is 4.73. The zero-order chi connectivity index (χ0) is 17.0. The van der Waals surface area contributed by atoms with Gasteiger partial charge in [0.2, 0.25) is 10.0 Å². The van der Waals surface area contributed by atoms with Crippen molar-refractivity contribution in [3.05, 3.63) is 48.0 Å². The average molecular weight is 349 g/mol. The Morgan fingerprint density at radius 2 is 2.12 bits per heavy atom. The Morgan fingerprint density at radius 1 is 1.33 bits per heavy atom. The molecular weight excluding hydrogens is 326 g/mol. The summed E-state index contributed by atoms with van der Waals surface area (Å²) in [6.07, 6.45) is 5.45. The van der Waals surface area contributed by atoms with Gasteiger partial charge in [0.15, 0.2) is 0 Å². The van der Waals surface area contributed by atoms with Gasteiger partial charge in [-0.15, -0.1) is 0 Å². The number of benzene rings is 1. The van der Waals surface area contributed by atoms with E-state index in [1.807, 2.05) is 13.1 Å². The summed E-state index contributed by atoms with van der Waals surface area (Å²) in [5, 5.41) is 0. The maximum absolute atomic E-state index is 12.2. The van der Waals surface area contributed by atoms with Gasteiger partial charge in [-0.25, -0.2) is 18.1 Å². The Labute approximate surface area is 142 Å². The normalized spacial score (nSPS) is 18.1. The Kier molecular flexibility index (Phi) is 5.33. The minimum absolute atomic E-state index is 0.305. The van der Waals surface area contributed by atoms with E-state index in [0.29, 0.717) is 23.8 Å². The number of nitrogens with one attached hydrogen (secondary N) is 1. The number of aromatic nitrogens is 2. The molecule has 24 heavy (non-hydrogen) atoms. The number of nitrogens with zero attached hydrogens (tertiary/aromatic N) is 2. The molecule has 1 aromatic heterocycles. The van der Waals surface area contributed by atoms with Crippen molar-refractivity contribution in [3.8, 4) is 0 Å². The van der Waals surface area contributed by atoms with Crippen LogP contribution >= 0.6 is 0 Å². The van der Waals surface area contributed by atoms with E-state index in [9.17, 15) is 8.42 Å². The maximum atomic E-state index is 12.2. The lowest BCUT2D eigenvalue weighted by Crippen LogP contribution is -2.25. The molecule has 1 N–H and O–H groups in total. The summed E-state index contributed by atoms with van der Waals surface area (Å²) in [6, 6.07) is 6.86. The predicted octanol–water partition coefficient (Wildman–Crippen LogP) is 2.06. The average Bonchev–Trinajstić information content (AvgIpc) is 3.23. The topological polar surface area (TPSA) is 73.2 Å². The monoisotopic (exact) mass is 349 g/mol. The van der Waals surface area contributed by atoms with Crippen molar-refractivity contribution in [2.45, 2.75) is 37.1 Å². The molecule has 0 spiro atoms. The molecule has 1 aliphatic rings. The van der Waals surface area contributed by atoms with Crippen LogP contribution in [0.25, 0.3) is 0 Å². The molecule has 0 unspecified atom stereocenters. The van der Waals surface area contributed by atoms with Gasteiger partial charge in [-0.05, 0) is 31.9 Å². The fourth-order valence-electron chi connectivity index (χ4n) is 2.86. The molecule has 0 amide bonds.